The first-order valence-corrected chi connectivity index (χ1v) is 6.01. The highest BCUT2D eigenvalue weighted by Gasteiger charge is 2.37. The van der Waals surface area contributed by atoms with E-state index in [1.54, 1.807) is 20.2 Å². The summed E-state index contributed by atoms with van der Waals surface area (Å²) in [6.07, 6.45) is 1.66. The summed E-state index contributed by atoms with van der Waals surface area (Å²) in [4.78, 5) is 16.0. The number of nitrogens with zero attached hydrogens (tertiary/aromatic N) is 1. The molecule has 0 spiro atoms. The molecule has 1 fully saturated rings. The van der Waals surface area contributed by atoms with Crippen LogP contribution in [0.15, 0.2) is 18.3 Å². The van der Waals surface area contributed by atoms with Crippen molar-refractivity contribution in [1.82, 2.24) is 4.98 Å². The molecule has 0 aromatic carbocycles. The Morgan fingerprint density at radius 3 is 3.11 bits per heavy atom. The number of ether oxygens (including phenoxy) is 3. The van der Waals surface area contributed by atoms with Gasteiger partial charge in [0.05, 0.1) is 32.8 Å². The lowest BCUT2D eigenvalue weighted by Gasteiger charge is -2.17. The molecule has 0 bridgehead atoms. The molecule has 0 radical (unpaired) electrons. The molecular formula is C13H17NO4. The van der Waals surface area contributed by atoms with Gasteiger partial charge in [-0.2, -0.15) is 0 Å². The zero-order valence-electron chi connectivity index (χ0n) is 10.6. The molecule has 1 aliphatic rings. The molecule has 98 valence electrons. The Kier molecular flexibility index (Phi) is 4.15. The molecule has 1 saturated heterocycles. The van der Waals surface area contributed by atoms with Crippen molar-refractivity contribution in [2.75, 3.05) is 26.9 Å². The molecule has 0 saturated carbocycles. The van der Waals surface area contributed by atoms with Crippen molar-refractivity contribution >= 4 is 5.97 Å². The van der Waals surface area contributed by atoms with Crippen LogP contribution in [0.2, 0.25) is 0 Å². The normalized spacial score (nSPS) is 22.8. The maximum absolute atomic E-state index is 11.9. The Morgan fingerprint density at radius 1 is 1.56 bits per heavy atom. The molecule has 1 aromatic rings. The van der Waals surface area contributed by atoms with E-state index in [0.717, 1.165) is 5.56 Å². The number of hydrogen-bond donors (Lipinski definition) is 0. The average molecular weight is 251 g/mol. The number of carbonyl (C=O) groups is 1. The predicted molar refractivity (Wildman–Crippen MR) is 64.5 cm³/mol. The van der Waals surface area contributed by atoms with E-state index in [4.69, 9.17) is 14.2 Å². The first-order chi connectivity index (χ1) is 8.77. The summed E-state index contributed by atoms with van der Waals surface area (Å²) >= 11 is 0. The number of carbonyl (C=O) groups excluding carboxylic acids is 1. The largest absolute Gasteiger partial charge is 0.481 e. The molecule has 0 amide bonds. The standard InChI is InChI=1S/C13H17NO4/c1-3-18-13(15)11-8-17-7-10(11)9-5-4-6-14-12(9)16-2/h4-6,10-11H,3,7-8H2,1-2H3/t10?,11-/m1/s1. The second-order valence-electron chi connectivity index (χ2n) is 4.10. The van der Waals surface area contributed by atoms with E-state index < -0.39 is 0 Å². The van der Waals surface area contributed by atoms with E-state index in [1.165, 1.54) is 0 Å². The predicted octanol–water partition coefficient (Wildman–Crippen LogP) is 1.38. The van der Waals surface area contributed by atoms with Gasteiger partial charge in [0.1, 0.15) is 0 Å². The van der Waals surface area contributed by atoms with Crippen LogP contribution in [0.5, 0.6) is 5.88 Å². The minimum Gasteiger partial charge on any atom is -0.481 e. The lowest BCUT2D eigenvalue weighted by molar-refractivity contribution is -0.148. The lowest BCUT2D eigenvalue weighted by Crippen LogP contribution is -2.24. The lowest BCUT2D eigenvalue weighted by atomic mass is 9.89. The molecule has 5 nitrogen and oxygen atoms in total. The quantitative estimate of drug-likeness (QED) is 0.757. The third-order valence-electron chi connectivity index (χ3n) is 3.06. The summed E-state index contributed by atoms with van der Waals surface area (Å²) in [5, 5.41) is 0. The van der Waals surface area contributed by atoms with E-state index in [1.807, 2.05) is 12.1 Å². The van der Waals surface area contributed by atoms with Crippen LogP contribution in [-0.4, -0.2) is 37.9 Å². The summed E-state index contributed by atoms with van der Waals surface area (Å²) in [6, 6.07) is 3.75. The smallest absolute Gasteiger partial charge is 0.311 e. The van der Waals surface area contributed by atoms with Gasteiger partial charge in [-0.15, -0.1) is 0 Å². The van der Waals surface area contributed by atoms with Gasteiger partial charge in [-0.1, -0.05) is 6.07 Å². The second-order valence-corrected chi connectivity index (χ2v) is 4.10. The van der Waals surface area contributed by atoms with Crippen LogP contribution < -0.4 is 4.74 Å². The fourth-order valence-electron chi connectivity index (χ4n) is 2.20. The van der Waals surface area contributed by atoms with Crippen molar-refractivity contribution in [2.24, 2.45) is 5.92 Å². The molecule has 1 unspecified atom stereocenters. The van der Waals surface area contributed by atoms with E-state index in [-0.39, 0.29) is 17.8 Å². The Bertz CT molecular complexity index is 421. The number of esters is 1. The molecular weight excluding hydrogens is 234 g/mol. The molecule has 0 aliphatic carbocycles. The highest BCUT2D eigenvalue weighted by atomic mass is 16.5. The van der Waals surface area contributed by atoms with Crippen LogP contribution >= 0.6 is 0 Å². The summed E-state index contributed by atoms with van der Waals surface area (Å²) in [7, 11) is 1.57. The Morgan fingerprint density at radius 2 is 2.39 bits per heavy atom. The van der Waals surface area contributed by atoms with Gasteiger partial charge in [-0.25, -0.2) is 4.98 Å². The Hall–Kier alpha value is -1.62. The number of pyridine rings is 1. The fourth-order valence-corrected chi connectivity index (χ4v) is 2.20. The number of hydrogen-bond acceptors (Lipinski definition) is 5. The molecule has 1 aliphatic heterocycles. The van der Waals surface area contributed by atoms with Gasteiger partial charge in [0.2, 0.25) is 5.88 Å². The van der Waals surface area contributed by atoms with Crippen LogP contribution in [0.1, 0.15) is 18.4 Å². The SMILES string of the molecule is CCOC(=O)[C@@H]1COCC1c1cccnc1OC. The third kappa shape index (κ3) is 2.46. The van der Waals surface area contributed by atoms with Crippen LogP contribution in [0.25, 0.3) is 0 Å². The van der Waals surface area contributed by atoms with Crippen molar-refractivity contribution in [3.05, 3.63) is 23.9 Å². The molecule has 2 atom stereocenters. The third-order valence-corrected chi connectivity index (χ3v) is 3.06. The van der Waals surface area contributed by atoms with Gasteiger partial charge in [0, 0.05) is 17.7 Å². The van der Waals surface area contributed by atoms with Crippen LogP contribution in [0, 0.1) is 5.92 Å². The van der Waals surface area contributed by atoms with Crippen molar-refractivity contribution < 1.29 is 19.0 Å². The molecule has 18 heavy (non-hydrogen) atoms. The minimum atomic E-state index is -0.275. The maximum Gasteiger partial charge on any atom is 0.311 e. The highest BCUT2D eigenvalue weighted by molar-refractivity contribution is 5.74. The Labute approximate surface area is 106 Å². The van der Waals surface area contributed by atoms with E-state index in [9.17, 15) is 4.79 Å². The monoisotopic (exact) mass is 251 g/mol. The van der Waals surface area contributed by atoms with Gasteiger partial charge < -0.3 is 14.2 Å². The minimum absolute atomic E-state index is 0.0484. The van der Waals surface area contributed by atoms with Crippen LogP contribution in [0.3, 0.4) is 0 Å². The zero-order chi connectivity index (χ0) is 13.0. The van der Waals surface area contributed by atoms with Crippen molar-refractivity contribution in [3.63, 3.8) is 0 Å². The summed E-state index contributed by atoms with van der Waals surface area (Å²) in [5.74, 6) is 0.00366. The van der Waals surface area contributed by atoms with E-state index >= 15 is 0 Å². The van der Waals surface area contributed by atoms with Gasteiger partial charge in [0.15, 0.2) is 0 Å². The van der Waals surface area contributed by atoms with Gasteiger partial charge >= 0.3 is 5.97 Å². The van der Waals surface area contributed by atoms with E-state index in [0.29, 0.717) is 25.7 Å². The van der Waals surface area contributed by atoms with Gasteiger partial charge in [-0.05, 0) is 13.0 Å². The summed E-state index contributed by atoms with van der Waals surface area (Å²) in [6.45, 7) is 3.06. The molecule has 2 heterocycles. The fraction of sp³-hybridized carbons (Fsp3) is 0.538. The van der Waals surface area contributed by atoms with Gasteiger partial charge in [-0.3, -0.25) is 4.79 Å². The summed E-state index contributed by atoms with van der Waals surface area (Å²) < 4.78 is 15.7. The second kappa shape index (κ2) is 5.82. The molecule has 2 rings (SSSR count). The molecule has 1 aromatic heterocycles. The van der Waals surface area contributed by atoms with Crippen LogP contribution in [0.4, 0.5) is 0 Å². The first kappa shape index (κ1) is 12.8. The first-order valence-electron chi connectivity index (χ1n) is 6.01. The molecule has 5 heteroatoms. The van der Waals surface area contributed by atoms with E-state index in [2.05, 4.69) is 4.98 Å². The highest BCUT2D eigenvalue weighted by Crippen LogP contribution is 2.35. The Balaban J connectivity index is 2.23. The number of methoxy groups -OCH3 is 1. The van der Waals surface area contributed by atoms with Gasteiger partial charge in [0.25, 0.3) is 0 Å². The van der Waals surface area contributed by atoms with Crippen molar-refractivity contribution in [3.8, 4) is 5.88 Å². The number of aromatic nitrogens is 1. The van der Waals surface area contributed by atoms with Crippen LogP contribution in [-0.2, 0) is 14.3 Å². The summed E-state index contributed by atoms with van der Waals surface area (Å²) in [5.41, 5.74) is 0.899. The average Bonchev–Trinajstić information content (AvgIpc) is 2.88. The van der Waals surface area contributed by atoms with Crippen molar-refractivity contribution in [1.29, 1.82) is 0 Å². The zero-order valence-corrected chi connectivity index (χ0v) is 10.6. The number of rotatable bonds is 4. The molecule has 0 N–H and O–H groups in total. The van der Waals surface area contributed by atoms with Crippen molar-refractivity contribution in [2.45, 2.75) is 12.8 Å². The topological polar surface area (TPSA) is 57.7 Å². The maximum atomic E-state index is 11.9.